The SMILES string of the molecule is CCNN(c1ccccc1)c1ccc2c(c1)-c1ccc(CC)cc1C2. The number of hydrazine groups is 1. The van der Waals surface area contributed by atoms with Gasteiger partial charge in [-0.25, -0.2) is 5.43 Å². The molecule has 1 aliphatic rings. The Morgan fingerprint density at radius 1 is 0.800 bits per heavy atom. The van der Waals surface area contributed by atoms with Crippen molar-refractivity contribution in [3.05, 3.63) is 83.4 Å². The minimum Gasteiger partial charge on any atom is -0.277 e. The number of hydrogen-bond acceptors (Lipinski definition) is 2. The highest BCUT2D eigenvalue weighted by molar-refractivity contribution is 5.81. The van der Waals surface area contributed by atoms with E-state index in [-0.39, 0.29) is 0 Å². The number of nitrogens with one attached hydrogen (secondary N) is 1. The highest BCUT2D eigenvalue weighted by atomic mass is 15.5. The lowest BCUT2D eigenvalue weighted by Gasteiger charge is -2.25. The Bertz CT molecular complexity index is 884. The Kier molecular flexibility index (Phi) is 4.29. The molecule has 2 heteroatoms. The van der Waals surface area contributed by atoms with Gasteiger partial charge < -0.3 is 0 Å². The number of hydrogen-bond donors (Lipinski definition) is 1. The summed E-state index contributed by atoms with van der Waals surface area (Å²) in [6.07, 6.45) is 2.14. The summed E-state index contributed by atoms with van der Waals surface area (Å²) in [5.41, 5.74) is 12.9. The van der Waals surface area contributed by atoms with Crippen LogP contribution < -0.4 is 10.4 Å². The van der Waals surface area contributed by atoms with Gasteiger partial charge in [0.2, 0.25) is 0 Å². The van der Waals surface area contributed by atoms with Crippen molar-refractivity contribution in [3.8, 4) is 11.1 Å². The standard InChI is InChI=1S/C23H24N2/c1-3-17-10-13-22-19(14-17)15-18-11-12-21(16-23(18)22)25(24-4-2)20-8-6-5-7-9-20/h5-14,16,24H,3-4,15H2,1-2H3. The summed E-state index contributed by atoms with van der Waals surface area (Å²) in [6, 6.07) is 24.2. The van der Waals surface area contributed by atoms with E-state index in [1.54, 1.807) is 0 Å². The second-order valence-electron chi connectivity index (χ2n) is 6.55. The van der Waals surface area contributed by atoms with Crippen molar-refractivity contribution in [1.29, 1.82) is 0 Å². The number of nitrogens with zero attached hydrogens (tertiary/aromatic N) is 1. The van der Waals surface area contributed by atoms with Crippen LogP contribution in [-0.2, 0) is 12.8 Å². The van der Waals surface area contributed by atoms with Crippen molar-refractivity contribution in [2.45, 2.75) is 26.7 Å². The number of fused-ring (bicyclic) bond motifs is 3. The number of rotatable bonds is 5. The average Bonchev–Trinajstić information content (AvgIpc) is 3.03. The third-order valence-electron chi connectivity index (χ3n) is 4.93. The zero-order chi connectivity index (χ0) is 17.2. The van der Waals surface area contributed by atoms with E-state index in [9.17, 15) is 0 Å². The van der Waals surface area contributed by atoms with Crippen molar-refractivity contribution in [2.24, 2.45) is 0 Å². The van der Waals surface area contributed by atoms with Crippen LogP contribution in [0.25, 0.3) is 11.1 Å². The van der Waals surface area contributed by atoms with Crippen molar-refractivity contribution in [2.75, 3.05) is 11.6 Å². The number of anilines is 2. The number of benzene rings is 3. The van der Waals surface area contributed by atoms with E-state index in [0.717, 1.165) is 25.1 Å². The van der Waals surface area contributed by atoms with Gasteiger partial charge in [0.25, 0.3) is 0 Å². The molecule has 0 aromatic heterocycles. The second-order valence-corrected chi connectivity index (χ2v) is 6.55. The first kappa shape index (κ1) is 15.9. The molecular weight excluding hydrogens is 304 g/mol. The van der Waals surface area contributed by atoms with Crippen LogP contribution in [0.3, 0.4) is 0 Å². The van der Waals surface area contributed by atoms with E-state index >= 15 is 0 Å². The lowest BCUT2D eigenvalue weighted by molar-refractivity contribution is 0.741. The molecule has 2 nitrogen and oxygen atoms in total. The lowest BCUT2D eigenvalue weighted by Crippen LogP contribution is -2.33. The predicted molar refractivity (Wildman–Crippen MR) is 106 cm³/mol. The van der Waals surface area contributed by atoms with Crippen molar-refractivity contribution < 1.29 is 0 Å². The average molecular weight is 328 g/mol. The van der Waals surface area contributed by atoms with E-state index in [1.807, 2.05) is 0 Å². The molecule has 0 unspecified atom stereocenters. The number of aryl methyl sites for hydroxylation is 1. The Balaban J connectivity index is 1.76. The van der Waals surface area contributed by atoms with Gasteiger partial charge in [-0.2, -0.15) is 0 Å². The third-order valence-corrected chi connectivity index (χ3v) is 4.93. The summed E-state index contributed by atoms with van der Waals surface area (Å²) >= 11 is 0. The molecule has 0 saturated carbocycles. The van der Waals surface area contributed by atoms with E-state index in [0.29, 0.717) is 0 Å². The molecule has 0 saturated heterocycles. The van der Waals surface area contributed by atoms with Crippen molar-refractivity contribution >= 4 is 11.4 Å². The number of para-hydroxylation sites is 1. The van der Waals surface area contributed by atoms with Crippen molar-refractivity contribution in [1.82, 2.24) is 5.43 Å². The van der Waals surface area contributed by atoms with Gasteiger partial charge in [0.15, 0.2) is 0 Å². The molecule has 1 N–H and O–H groups in total. The van der Waals surface area contributed by atoms with E-state index in [2.05, 4.69) is 91.0 Å². The molecule has 126 valence electrons. The first-order chi connectivity index (χ1) is 12.3. The molecule has 0 spiro atoms. The highest BCUT2D eigenvalue weighted by Gasteiger charge is 2.20. The highest BCUT2D eigenvalue weighted by Crippen LogP contribution is 2.40. The van der Waals surface area contributed by atoms with Crippen LogP contribution in [0.15, 0.2) is 66.7 Å². The summed E-state index contributed by atoms with van der Waals surface area (Å²) in [5, 5.41) is 2.18. The minimum atomic E-state index is 0.877. The fourth-order valence-corrected chi connectivity index (χ4v) is 3.66. The molecule has 3 aromatic rings. The smallest absolute Gasteiger partial charge is 0.0584 e. The van der Waals surface area contributed by atoms with Gasteiger partial charge in [-0.1, -0.05) is 56.3 Å². The monoisotopic (exact) mass is 328 g/mol. The van der Waals surface area contributed by atoms with Crippen molar-refractivity contribution in [3.63, 3.8) is 0 Å². The molecule has 3 aromatic carbocycles. The Labute approximate surface area is 150 Å². The lowest BCUT2D eigenvalue weighted by atomic mass is 10.0. The molecule has 0 bridgehead atoms. The normalized spacial score (nSPS) is 11.9. The summed E-state index contributed by atoms with van der Waals surface area (Å²) in [7, 11) is 0. The zero-order valence-corrected chi connectivity index (χ0v) is 14.9. The Morgan fingerprint density at radius 2 is 1.64 bits per heavy atom. The van der Waals surface area contributed by atoms with Gasteiger partial charge in [-0.15, -0.1) is 0 Å². The van der Waals surface area contributed by atoms with Crippen LogP contribution in [0.1, 0.15) is 30.5 Å². The maximum absolute atomic E-state index is 3.48. The molecule has 0 fully saturated rings. The minimum absolute atomic E-state index is 0.877. The summed E-state index contributed by atoms with van der Waals surface area (Å²) in [4.78, 5) is 0. The predicted octanol–water partition coefficient (Wildman–Crippen LogP) is 5.48. The van der Waals surface area contributed by atoms with Gasteiger partial charge >= 0.3 is 0 Å². The molecule has 0 aliphatic heterocycles. The molecule has 4 rings (SSSR count). The maximum atomic E-state index is 3.48. The van der Waals surface area contributed by atoms with Gasteiger partial charge in [0.05, 0.1) is 11.4 Å². The molecule has 0 atom stereocenters. The molecule has 25 heavy (non-hydrogen) atoms. The fourth-order valence-electron chi connectivity index (χ4n) is 3.66. The molecular formula is C23H24N2. The largest absolute Gasteiger partial charge is 0.277 e. The van der Waals surface area contributed by atoms with Crippen LogP contribution in [0.4, 0.5) is 11.4 Å². The van der Waals surface area contributed by atoms with E-state index in [1.165, 1.54) is 33.5 Å². The summed E-state index contributed by atoms with van der Waals surface area (Å²) in [5.74, 6) is 0. The van der Waals surface area contributed by atoms with Gasteiger partial charge in [0.1, 0.15) is 0 Å². The van der Waals surface area contributed by atoms with E-state index in [4.69, 9.17) is 0 Å². The zero-order valence-electron chi connectivity index (χ0n) is 14.9. The molecule has 1 aliphatic carbocycles. The quantitative estimate of drug-likeness (QED) is 0.488. The summed E-state index contributed by atoms with van der Waals surface area (Å²) < 4.78 is 0. The molecule has 0 heterocycles. The first-order valence-corrected chi connectivity index (χ1v) is 9.14. The van der Waals surface area contributed by atoms with Crippen LogP contribution >= 0.6 is 0 Å². The van der Waals surface area contributed by atoms with Crippen LogP contribution in [0.5, 0.6) is 0 Å². The van der Waals surface area contributed by atoms with E-state index < -0.39 is 0 Å². The van der Waals surface area contributed by atoms with Gasteiger partial charge in [-0.05, 0) is 64.9 Å². The Hall–Kier alpha value is -2.58. The summed E-state index contributed by atoms with van der Waals surface area (Å²) in [6.45, 7) is 5.23. The maximum Gasteiger partial charge on any atom is 0.0584 e. The first-order valence-electron chi connectivity index (χ1n) is 9.14. The second kappa shape index (κ2) is 6.73. The fraction of sp³-hybridized carbons (Fsp3) is 0.217. The van der Waals surface area contributed by atoms with Crippen LogP contribution in [0, 0.1) is 0 Å². The van der Waals surface area contributed by atoms with Gasteiger partial charge in [0, 0.05) is 6.54 Å². The third kappa shape index (κ3) is 2.94. The van der Waals surface area contributed by atoms with Gasteiger partial charge in [-0.3, -0.25) is 5.01 Å². The molecule has 0 radical (unpaired) electrons. The van der Waals surface area contributed by atoms with Crippen LogP contribution in [-0.4, -0.2) is 6.54 Å². The van der Waals surface area contributed by atoms with Crippen LogP contribution in [0.2, 0.25) is 0 Å². The topological polar surface area (TPSA) is 15.3 Å². The molecule has 0 amide bonds. The Morgan fingerprint density at radius 3 is 2.40 bits per heavy atom.